The van der Waals surface area contributed by atoms with Gasteiger partial charge >= 0.3 is 7.82 Å². The van der Waals surface area contributed by atoms with Gasteiger partial charge in [-0.3, -0.25) is 13.6 Å². The molecule has 36 heavy (non-hydrogen) atoms. The zero-order valence-electron chi connectivity index (χ0n) is 21.1. The van der Waals surface area contributed by atoms with Gasteiger partial charge in [0.1, 0.15) is 10.5 Å². The normalized spacial score (nSPS) is 13.9. The van der Waals surface area contributed by atoms with Crippen molar-refractivity contribution < 1.29 is 22.5 Å². The molecular weight excluding hydrogens is 524 g/mol. The standard InChI is InChI=1S/C23H33FN5O4PS2/c1-6-31-34(30,32-7-2)33-13-16(12-14(3)4)26-20-19-21(27-22(25)36-19)29-23(28-20)35-15(5)17-10-8-9-11-18(17)24/h8-11,14-16H,6-7,12-13H2,1-5H3,(H3,25,26,27,28,29). The summed E-state index contributed by atoms with van der Waals surface area (Å²) in [6.45, 7) is 9.99. The second kappa shape index (κ2) is 13.1. The Bertz CT molecular complexity index is 1190. The number of fused-ring (bicyclic) bond motifs is 1. The Labute approximate surface area is 219 Å². The lowest BCUT2D eigenvalue weighted by Crippen LogP contribution is -2.28. The topological polar surface area (TPSA) is 121 Å². The molecule has 0 radical (unpaired) electrons. The van der Waals surface area contributed by atoms with Crippen molar-refractivity contribution in [3.05, 3.63) is 35.6 Å². The smallest absolute Gasteiger partial charge is 0.375 e. The van der Waals surface area contributed by atoms with Gasteiger partial charge in [-0.25, -0.2) is 23.9 Å². The van der Waals surface area contributed by atoms with Crippen LogP contribution < -0.4 is 11.1 Å². The predicted octanol–water partition coefficient (Wildman–Crippen LogP) is 6.69. The number of halogens is 1. The molecular formula is C23H33FN5O4PS2. The minimum atomic E-state index is -3.67. The molecule has 0 bridgehead atoms. The summed E-state index contributed by atoms with van der Waals surface area (Å²) in [5, 5.41) is 3.97. The maximum absolute atomic E-state index is 14.3. The Hall–Kier alpha value is -1.82. The molecule has 0 spiro atoms. The molecule has 0 aliphatic heterocycles. The number of aromatic nitrogens is 3. The van der Waals surface area contributed by atoms with Gasteiger partial charge in [0.05, 0.1) is 25.9 Å². The molecule has 0 saturated heterocycles. The van der Waals surface area contributed by atoms with Gasteiger partial charge in [0.25, 0.3) is 0 Å². The van der Waals surface area contributed by atoms with Crippen LogP contribution in [-0.2, 0) is 18.1 Å². The van der Waals surface area contributed by atoms with Crippen molar-refractivity contribution >= 4 is 52.2 Å². The number of hydrogen-bond donors (Lipinski definition) is 2. The third-order valence-electron chi connectivity index (χ3n) is 4.98. The van der Waals surface area contributed by atoms with E-state index in [-0.39, 0.29) is 36.9 Å². The summed E-state index contributed by atoms with van der Waals surface area (Å²) in [6.07, 6.45) is 0.701. The van der Waals surface area contributed by atoms with Crippen molar-refractivity contribution in [1.82, 2.24) is 15.0 Å². The van der Waals surface area contributed by atoms with E-state index in [2.05, 4.69) is 29.1 Å². The quantitative estimate of drug-likeness (QED) is 0.126. The number of nitrogens with two attached hydrogens (primary N) is 1. The summed E-state index contributed by atoms with van der Waals surface area (Å²) in [5.41, 5.74) is 6.99. The van der Waals surface area contributed by atoms with E-state index in [4.69, 9.17) is 24.3 Å². The van der Waals surface area contributed by atoms with Crippen LogP contribution in [0.15, 0.2) is 29.4 Å². The van der Waals surface area contributed by atoms with Crippen LogP contribution in [0.25, 0.3) is 10.3 Å². The van der Waals surface area contributed by atoms with Crippen LogP contribution in [0, 0.1) is 11.7 Å². The molecule has 2 heterocycles. The third kappa shape index (κ3) is 7.84. The number of nitrogen functional groups attached to an aromatic ring is 1. The highest BCUT2D eigenvalue weighted by atomic mass is 32.2. The van der Waals surface area contributed by atoms with Gasteiger partial charge in [0.2, 0.25) is 0 Å². The number of phosphoric acid groups is 1. The minimum Gasteiger partial charge on any atom is -0.375 e. The fourth-order valence-electron chi connectivity index (χ4n) is 3.54. The van der Waals surface area contributed by atoms with Crippen molar-refractivity contribution in [3.63, 3.8) is 0 Å². The van der Waals surface area contributed by atoms with Gasteiger partial charge in [-0.2, -0.15) is 0 Å². The van der Waals surface area contributed by atoms with Crippen LogP contribution in [0.1, 0.15) is 51.9 Å². The monoisotopic (exact) mass is 557 g/mol. The average molecular weight is 558 g/mol. The maximum atomic E-state index is 14.3. The largest absolute Gasteiger partial charge is 0.474 e. The highest BCUT2D eigenvalue weighted by molar-refractivity contribution is 7.99. The van der Waals surface area contributed by atoms with Gasteiger partial charge in [-0.05, 0) is 39.2 Å². The number of benzene rings is 1. The number of rotatable bonds is 14. The van der Waals surface area contributed by atoms with E-state index in [9.17, 15) is 8.96 Å². The number of nitrogens with zero attached hydrogens (tertiary/aromatic N) is 3. The zero-order chi connectivity index (χ0) is 26.3. The molecule has 2 unspecified atom stereocenters. The molecule has 3 rings (SSSR count). The van der Waals surface area contributed by atoms with Crippen molar-refractivity contribution in [3.8, 4) is 0 Å². The Morgan fingerprint density at radius 2 is 1.81 bits per heavy atom. The lowest BCUT2D eigenvalue weighted by Gasteiger charge is -2.24. The van der Waals surface area contributed by atoms with Crippen LogP contribution in [0.5, 0.6) is 0 Å². The maximum Gasteiger partial charge on any atom is 0.474 e. The lowest BCUT2D eigenvalue weighted by molar-refractivity contribution is 0.116. The lowest BCUT2D eigenvalue weighted by atomic mass is 10.0. The van der Waals surface area contributed by atoms with Crippen molar-refractivity contribution in [1.29, 1.82) is 0 Å². The van der Waals surface area contributed by atoms with Crippen LogP contribution in [0.2, 0.25) is 0 Å². The second-order valence-corrected chi connectivity index (χ2v) is 12.4. The SMILES string of the molecule is CCOP(=O)(OCC)OCC(CC(C)C)Nc1nc(SC(C)c2ccccc2F)nc2nc(N)sc12. The summed E-state index contributed by atoms with van der Waals surface area (Å²) in [6, 6.07) is 6.38. The molecule has 198 valence electrons. The van der Waals surface area contributed by atoms with Crippen molar-refractivity contribution in [2.45, 2.75) is 57.5 Å². The van der Waals surface area contributed by atoms with Gasteiger partial charge in [-0.1, -0.05) is 55.1 Å². The second-order valence-electron chi connectivity index (χ2n) is 8.39. The van der Waals surface area contributed by atoms with Gasteiger partial charge < -0.3 is 11.1 Å². The van der Waals surface area contributed by atoms with E-state index in [1.807, 2.05) is 6.92 Å². The first-order chi connectivity index (χ1) is 17.1. The van der Waals surface area contributed by atoms with Crippen LogP contribution in [0.4, 0.5) is 15.3 Å². The van der Waals surface area contributed by atoms with E-state index in [1.165, 1.54) is 29.2 Å². The average Bonchev–Trinajstić information content (AvgIpc) is 3.18. The summed E-state index contributed by atoms with van der Waals surface area (Å²) in [4.78, 5) is 13.6. The summed E-state index contributed by atoms with van der Waals surface area (Å²) < 4.78 is 44.0. The first kappa shape index (κ1) is 28.7. The zero-order valence-corrected chi connectivity index (χ0v) is 23.6. The Kier molecular flexibility index (Phi) is 10.5. The Morgan fingerprint density at radius 3 is 2.44 bits per heavy atom. The van der Waals surface area contributed by atoms with E-state index in [0.29, 0.717) is 44.4 Å². The molecule has 1 aromatic carbocycles. The van der Waals surface area contributed by atoms with Crippen LogP contribution >= 0.6 is 30.9 Å². The predicted molar refractivity (Wildman–Crippen MR) is 144 cm³/mol. The Balaban J connectivity index is 1.88. The number of nitrogens with one attached hydrogen (secondary N) is 1. The summed E-state index contributed by atoms with van der Waals surface area (Å²) in [5.74, 6) is 0.565. The van der Waals surface area contributed by atoms with Crippen LogP contribution in [-0.4, -0.2) is 40.8 Å². The van der Waals surface area contributed by atoms with Crippen LogP contribution in [0.3, 0.4) is 0 Å². The third-order valence-corrected chi connectivity index (χ3v) is 8.48. The first-order valence-corrected chi connectivity index (χ1v) is 14.9. The number of thioether (sulfide) groups is 1. The molecule has 2 atom stereocenters. The molecule has 2 aromatic heterocycles. The van der Waals surface area contributed by atoms with Gasteiger partial charge in [0, 0.05) is 10.8 Å². The molecule has 0 aliphatic rings. The van der Waals surface area contributed by atoms with E-state index >= 15 is 0 Å². The molecule has 13 heteroatoms. The van der Waals surface area contributed by atoms with E-state index < -0.39 is 7.82 Å². The fourth-order valence-corrected chi connectivity index (χ4v) is 6.40. The molecule has 0 amide bonds. The summed E-state index contributed by atoms with van der Waals surface area (Å²) >= 11 is 2.60. The van der Waals surface area contributed by atoms with Gasteiger partial charge in [-0.15, -0.1) is 0 Å². The molecule has 3 N–H and O–H groups in total. The fraction of sp³-hybridized carbons (Fsp3) is 0.522. The molecule has 0 saturated carbocycles. The van der Waals surface area contributed by atoms with E-state index in [0.717, 1.165) is 0 Å². The van der Waals surface area contributed by atoms with Crippen molar-refractivity contribution in [2.75, 3.05) is 30.9 Å². The molecule has 0 aliphatic carbocycles. The Morgan fingerprint density at radius 1 is 1.11 bits per heavy atom. The highest BCUT2D eigenvalue weighted by Gasteiger charge is 2.28. The number of anilines is 2. The van der Waals surface area contributed by atoms with Crippen molar-refractivity contribution in [2.24, 2.45) is 5.92 Å². The molecule has 0 fully saturated rings. The molecule has 9 nitrogen and oxygen atoms in total. The minimum absolute atomic E-state index is 0.0728. The van der Waals surface area contributed by atoms with Gasteiger partial charge in [0.15, 0.2) is 21.8 Å². The first-order valence-electron chi connectivity index (χ1n) is 11.8. The van der Waals surface area contributed by atoms with E-state index in [1.54, 1.807) is 32.0 Å². The number of hydrogen-bond acceptors (Lipinski definition) is 11. The molecule has 3 aromatic rings. The number of phosphoric ester groups is 1. The highest BCUT2D eigenvalue weighted by Crippen LogP contribution is 2.49. The number of thiazole rings is 1. The summed E-state index contributed by atoms with van der Waals surface area (Å²) in [7, 11) is -3.67.